The van der Waals surface area contributed by atoms with Crippen LogP contribution in [0.4, 0.5) is 0 Å². The van der Waals surface area contributed by atoms with Gasteiger partial charge in [0.25, 0.3) is 0 Å². The molecule has 0 bridgehead atoms. The number of benzene rings is 1. The fraction of sp³-hybridized carbons (Fsp3) is 0.533. The molecule has 1 aromatic rings. The second kappa shape index (κ2) is 6.24. The van der Waals surface area contributed by atoms with Crippen LogP contribution in [0, 0.1) is 0 Å². The summed E-state index contributed by atoms with van der Waals surface area (Å²) >= 11 is 0. The summed E-state index contributed by atoms with van der Waals surface area (Å²) in [4.78, 5) is 12.3. The van der Waals surface area contributed by atoms with Crippen molar-refractivity contribution in [2.45, 2.75) is 31.3 Å². The number of hydrogen-bond donors (Lipinski definition) is 2. The van der Waals surface area contributed by atoms with Crippen molar-refractivity contribution in [3.63, 3.8) is 0 Å². The fourth-order valence-corrected chi connectivity index (χ4v) is 2.28. The van der Waals surface area contributed by atoms with Crippen LogP contribution in [0.15, 0.2) is 24.3 Å². The van der Waals surface area contributed by atoms with Gasteiger partial charge in [0.1, 0.15) is 5.75 Å². The standard InChI is InChI=1S/C15H22N2O3/c1-11(12-3-5-13(19-2)6-4-12)17-14(18)15(16)7-9-20-10-8-15/h3-6,11H,7-10,16H2,1-2H3,(H,17,18)/t11-/m1/s1. The minimum absolute atomic E-state index is 0.0864. The highest BCUT2D eigenvalue weighted by molar-refractivity contribution is 5.86. The summed E-state index contributed by atoms with van der Waals surface area (Å²) in [6.45, 7) is 3.03. The first-order chi connectivity index (χ1) is 9.55. The topological polar surface area (TPSA) is 73.6 Å². The number of amides is 1. The van der Waals surface area contributed by atoms with E-state index in [1.807, 2.05) is 31.2 Å². The molecule has 1 saturated heterocycles. The Morgan fingerprint density at radius 3 is 2.50 bits per heavy atom. The fourth-order valence-electron chi connectivity index (χ4n) is 2.28. The van der Waals surface area contributed by atoms with Crippen molar-refractivity contribution in [1.82, 2.24) is 5.32 Å². The number of nitrogens with one attached hydrogen (secondary N) is 1. The molecule has 1 aliphatic rings. The first kappa shape index (κ1) is 14.8. The molecule has 3 N–H and O–H groups in total. The summed E-state index contributed by atoms with van der Waals surface area (Å²) in [5.41, 5.74) is 6.38. The van der Waals surface area contributed by atoms with Crippen LogP contribution in [0.25, 0.3) is 0 Å². The second-order valence-electron chi connectivity index (χ2n) is 5.24. The maximum absolute atomic E-state index is 12.3. The molecule has 0 aliphatic carbocycles. The quantitative estimate of drug-likeness (QED) is 0.872. The molecule has 1 aromatic carbocycles. The lowest BCUT2D eigenvalue weighted by atomic mass is 9.90. The predicted octanol–water partition coefficient (Wildman–Crippen LogP) is 1.38. The van der Waals surface area contributed by atoms with Gasteiger partial charge in [0.15, 0.2) is 0 Å². The van der Waals surface area contributed by atoms with Gasteiger partial charge < -0.3 is 20.5 Å². The molecule has 1 amide bonds. The third kappa shape index (κ3) is 3.29. The number of ether oxygens (including phenoxy) is 2. The molecule has 2 rings (SSSR count). The van der Waals surface area contributed by atoms with Gasteiger partial charge in [0.05, 0.1) is 18.7 Å². The summed E-state index contributed by atoms with van der Waals surface area (Å²) in [5, 5.41) is 2.98. The minimum Gasteiger partial charge on any atom is -0.497 e. The molecule has 5 nitrogen and oxygen atoms in total. The zero-order valence-electron chi connectivity index (χ0n) is 12.0. The average molecular weight is 278 g/mol. The van der Waals surface area contributed by atoms with Gasteiger partial charge in [-0.25, -0.2) is 0 Å². The van der Waals surface area contributed by atoms with E-state index >= 15 is 0 Å². The summed E-state index contributed by atoms with van der Waals surface area (Å²) in [7, 11) is 1.63. The Balaban J connectivity index is 1.99. The van der Waals surface area contributed by atoms with Crippen LogP contribution in [-0.2, 0) is 9.53 Å². The van der Waals surface area contributed by atoms with E-state index in [0.717, 1.165) is 11.3 Å². The van der Waals surface area contributed by atoms with Crippen LogP contribution in [-0.4, -0.2) is 31.8 Å². The zero-order valence-corrected chi connectivity index (χ0v) is 12.0. The van der Waals surface area contributed by atoms with Gasteiger partial charge in [-0.1, -0.05) is 12.1 Å². The van der Waals surface area contributed by atoms with E-state index in [1.54, 1.807) is 7.11 Å². The molecule has 20 heavy (non-hydrogen) atoms. The van der Waals surface area contributed by atoms with E-state index in [0.29, 0.717) is 26.1 Å². The van der Waals surface area contributed by atoms with E-state index in [9.17, 15) is 4.79 Å². The van der Waals surface area contributed by atoms with Gasteiger partial charge >= 0.3 is 0 Å². The monoisotopic (exact) mass is 278 g/mol. The first-order valence-electron chi connectivity index (χ1n) is 6.87. The largest absolute Gasteiger partial charge is 0.497 e. The summed E-state index contributed by atoms with van der Waals surface area (Å²) in [6.07, 6.45) is 1.13. The number of carbonyl (C=O) groups is 1. The molecular weight excluding hydrogens is 256 g/mol. The third-order valence-corrected chi connectivity index (χ3v) is 3.80. The van der Waals surface area contributed by atoms with Crippen molar-refractivity contribution in [2.75, 3.05) is 20.3 Å². The van der Waals surface area contributed by atoms with Crippen LogP contribution in [0.3, 0.4) is 0 Å². The number of nitrogens with two attached hydrogens (primary N) is 1. The molecule has 1 heterocycles. The first-order valence-corrected chi connectivity index (χ1v) is 6.87. The second-order valence-corrected chi connectivity index (χ2v) is 5.24. The summed E-state index contributed by atoms with van der Waals surface area (Å²) in [6, 6.07) is 7.56. The van der Waals surface area contributed by atoms with Crippen LogP contribution < -0.4 is 15.8 Å². The van der Waals surface area contributed by atoms with Crippen molar-refractivity contribution in [3.05, 3.63) is 29.8 Å². The van der Waals surface area contributed by atoms with Crippen LogP contribution in [0.2, 0.25) is 0 Å². The Morgan fingerprint density at radius 1 is 1.35 bits per heavy atom. The molecule has 0 unspecified atom stereocenters. The van der Waals surface area contributed by atoms with E-state index in [4.69, 9.17) is 15.2 Å². The number of rotatable bonds is 4. The number of carbonyl (C=O) groups excluding carboxylic acids is 1. The van der Waals surface area contributed by atoms with Crippen molar-refractivity contribution in [1.29, 1.82) is 0 Å². The number of hydrogen-bond acceptors (Lipinski definition) is 4. The molecule has 1 aliphatic heterocycles. The normalized spacial score (nSPS) is 19.1. The lowest BCUT2D eigenvalue weighted by Gasteiger charge is -2.33. The summed E-state index contributed by atoms with van der Waals surface area (Å²) in [5.74, 6) is 0.691. The van der Waals surface area contributed by atoms with Crippen molar-refractivity contribution < 1.29 is 14.3 Å². The average Bonchev–Trinajstić information content (AvgIpc) is 2.48. The van der Waals surface area contributed by atoms with Gasteiger partial charge in [-0.05, 0) is 37.5 Å². The lowest BCUT2D eigenvalue weighted by Crippen LogP contribution is -2.57. The molecule has 1 fully saturated rings. The SMILES string of the molecule is COc1ccc([C@@H](C)NC(=O)C2(N)CCOCC2)cc1. The van der Waals surface area contributed by atoms with Crippen molar-refractivity contribution >= 4 is 5.91 Å². The Bertz CT molecular complexity index is 453. The summed E-state index contributed by atoms with van der Waals surface area (Å²) < 4.78 is 10.4. The Morgan fingerprint density at radius 2 is 1.95 bits per heavy atom. The van der Waals surface area contributed by atoms with E-state index in [-0.39, 0.29) is 11.9 Å². The number of methoxy groups -OCH3 is 1. The Hall–Kier alpha value is -1.59. The Labute approximate surface area is 119 Å². The van der Waals surface area contributed by atoms with E-state index in [2.05, 4.69) is 5.32 Å². The predicted molar refractivity (Wildman–Crippen MR) is 76.5 cm³/mol. The van der Waals surface area contributed by atoms with Crippen molar-refractivity contribution in [3.8, 4) is 5.75 Å². The molecular formula is C15H22N2O3. The highest BCUT2D eigenvalue weighted by Gasteiger charge is 2.36. The minimum atomic E-state index is -0.807. The van der Waals surface area contributed by atoms with Gasteiger partial charge in [0.2, 0.25) is 5.91 Å². The maximum Gasteiger partial charge on any atom is 0.240 e. The molecule has 110 valence electrons. The van der Waals surface area contributed by atoms with Crippen molar-refractivity contribution in [2.24, 2.45) is 5.73 Å². The molecule has 1 atom stereocenters. The van der Waals surface area contributed by atoms with Gasteiger partial charge in [-0.15, -0.1) is 0 Å². The molecule has 0 saturated carbocycles. The lowest BCUT2D eigenvalue weighted by molar-refractivity contribution is -0.130. The zero-order chi connectivity index (χ0) is 14.6. The molecule has 0 spiro atoms. The molecule has 0 radical (unpaired) electrons. The molecule has 5 heteroatoms. The van der Waals surface area contributed by atoms with Crippen LogP contribution in [0.5, 0.6) is 5.75 Å². The van der Waals surface area contributed by atoms with E-state index < -0.39 is 5.54 Å². The van der Waals surface area contributed by atoms with Crippen LogP contribution in [0.1, 0.15) is 31.4 Å². The Kier molecular flexibility index (Phi) is 4.62. The van der Waals surface area contributed by atoms with Gasteiger partial charge in [-0.2, -0.15) is 0 Å². The maximum atomic E-state index is 12.3. The molecule has 0 aromatic heterocycles. The van der Waals surface area contributed by atoms with E-state index in [1.165, 1.54) is 0 Å². The highest BCUT2D eigenvalue weighted by Crippen LogP contribution is 2.21. The van der Waals surface area contributed by atoms with Gasteiger partial charge in [0, 0.05) is 13.2 Å². The third-order valence-electron chi connectivity index (χ3n) is 3.80. The smallest absolute Gasteiger partial charge is 0.240 e. The highest BCUT2D eigenvalue weighted by atomic mass is 16.5. The van der Waals surface area contributed by atoms with Crippen LogP contribution >= 0.6 is 0 Å². The van der Waals surface area contributed by atoms with Gasteiger partial charge in [-0.3, -0.25) is 4.79 Å².